The zero-order valence-electron chi connectivity index (χ0n) is 16.3. The Bertz CT molecular complexity index is 730. The molecule has 26 heavy (non-hydrogen) atoms. The van der Waals surface area contributed by atoms with Gasteiger partial charge in [0.25, 0.3) is 0 Å². The number of pyridine rings is 1. The van der Waals surface area contributed by atoms with Crippen molar-refractivity contribution in [1.29, 1.82) is 0 Å². The molecule has 1 unspecified atom stereocenters. The van der Waals surface area contributed by atoms with E-state index in [0.717, 1.165) is 23.1 Å². The van der Waals surface area contributed by atoms with Crippen LogP contribution in [0.2, 0.25) is 0 Å². The highest BCUT2D eigenvalue weighted by Crippen LogP contribution is 2.14. The number of aryl methyl sites for hydroxylation is 1. The summed E-state index contributed by atoms with van der Waals surface area (Å²) in [7, 11) is 5.73. The molecule has 0 saturated heterocycles. The van der Waals surface area contributed by atoms with E-state index in [9.17, 15) is 0 Å². The van der Waals surface area contributed by atoms with E-state index in [1.165, 1.54) is 5.56 Å². The Hall–Kier alpha value is -2.76. The average molecular weight is 355 g/mol. The lowest BCUT2D eigenvalue weighted by Crippen LogP contribution is -2.41. The van der Waals surface area contributed by atoms with E-state index in [-0.39, 0.29) is 6.10 Å². The summed E-state index contributed by atoms with van der Waals surface area (Å²) in [4.78, 5) is 10.6. The Morgan fingerprint density at radius 2 is 2.04 bits per heavy atom. The van der Waals surface area contributed by atoms with Crippen molar-refractivity contribution < 1.29 is 4.74 Å². The summed E-state index contributed by atoms with van der Waals surface area (Å²) < 4.78 is 5.94. The summed E-state index contributed by atoms with van der Waals surface area (Å²) in [5.41, 5.74) is 2.34. The maximum atomic E-state index is 5.94. The van der Waals surface area contributed by atoms with Crippen molar-refractivity contribution in [2.24, 2.45) is 4.99 Å². The van der Waals surface area contributed by atoms with Crippen molar-refractivity contribution >= 4 is 11.8 Å². The predicted molar refractivity (Wildman–Crippen MR) is 108 cm³/mol. The van der Waals surface area contributed by atoms with E-state index in [0.29, 0.717) is 13.1 Å². The SMILES string of the molecule is CN=C(NCc1ccnc(N(C)C)c1)NCC(C)Oc1cccc(C)c1. The van der Waals surface area contributed by atoms with Crippen LogP contribution in [0.15, 0.2) is 47.6 Å². The molecule has 1 aromatic heterocycles. The highest BCUT2D eigenvalue weighted by Gasteiger charge is 2.06. The van der Waals surface area contributed by atoms with Gasteiger partial charge in [-0.2, -0.15) is 0 Å². The molecule has 0 radical (unpaired) electrons. The Morgan fingerprint density at radius 1 is 1.23 bits per heavy atom. The normalized spacial score (nSPS) is 12.4. The van der Waals surface area contributed by atoms with Crippen LogP contribution in [0.1, 0.15) is 18.1 Å². The van der Waals surface area contributed by atoms with E-state index < -0.39 is 0 Å². The van der Waals surface area contributed by atoms with Gasteiger partial charge >= 0.3 is 0 Å². The number of guanidine groups is 1. The van der Waals surface area contributed by atoms with Gasteiger partial charge in [-0.15, -0.1) is 0 Å². The topological polar surface area (TPSA) is 61.8 Å². The fraction of sp³-hybridized carbons (Fsp3) is 0.400. The minimum absolute atomic E-state index is 0.0246. The molecule has 1 aromatic carbocycles. The van der Waals surface area contributed by atoms with Crippen molar-refractivity contribution in [3.05, 3.63) is 53.7 Å². The van der Waals surface area contributed by atoms with Gasteiger partial charge in [0.15, 0.2) is 5.96 Å². The molecule has 2 rings (SSSR count). The third kappa shape index (κ3) is 6.27. The molecule has 1 heterocycles. The molecular formula is C20H29N5O. The Kier molecular flexibility index (Phi) is 7.26. The largest absolute Gasteiger partial charge is 0.489 e. The van der Waals surface area contributed by atoms with Crippen LogP contribution in [0, 0.1) is 6.92 Å². The van der Waals surface area contributed by atoms with Crippen molar-refractivity contribution in [2.45, 2.75) is 26.5 Å². The minimum Gasteiger partial charge on any atom is -0.489 e. The molecule has 0 aliphatic carbocycles. The first-order valence-corrected chi connectivity index (χ1v) is 8.78. The molecule has 2 N–H and O–H groups in total. The lowest BCUT2D eigenvalue weighted by atomic mass is 10.2. The number of rotatable bonds is 7. The van der Waals surface area contributed by atoms with E-state index in [1.54, 1.807) is 7.05 Å². The van der Waals surface area contributed by atoms with Crippen LogP contribution >= 0.6 is 0 Å². The first-order valence-electron chi connectivity index (χ1n) is 8.78. The lowest BCUT2D eigenvalue weighted by Gasteiger charge is -2.18. The molecule has 1 atom stereocenters. The fourth-order valence-electron chi connectivity index (χ4n) is 2.42. The Balaban J connectivity index is 1.81. The van der Waals surface area contributed by atoms with E-state index in [1.807, 2.05) is 56.4 Å². The smallest absolute Gasteiger partial charge is 0.191 e. The highest BCUT2D eigenvalue weighted by atomic mass is 16.5. The zero-order valence-corrected chi connectivity index (χ0v) is 16.3. The molecule has 0 bridgehead atoms. The molecule has 0 saturated carbocycles. The van der Waals surface area contributed by atoms with Crippen molar-refractivity contribution in [3.8, 4) is 5.75 Å². The van der Waals surface area contributed by atoms with Gasteiger partial charge in [0.1, 0.15) is 17.7 Å². The maximum absolute atomic E-state index is 5.94. The van der Waals surface area contributed by atoms with Gasteiger partial charge in [0, 0.05) is 33.9 Å². The fourth-order valence-corrected chi connectivity index (χ4v) is 2.42. The number of nitrogens with zero attached hydrogens (tertiary/aromatic N) is 3. The molecule has 0 aliphatic rings. The quantitative estimate of drug-likeness (QED) is 0.590. The number of aromatic nitrogens is 1. The summed E-state index contributed by atoms with van der Waals surface area (Å²) in [6.45, 7) is 5.43. The second-order valence-electron chi connectivity index (χ2n) is 6.47. The molecule has 140 valence electrons. The molecule has 0 fully saturated rings. The highest BCUT2D eigenvalue weighted by molar-refractivity contribution is 5.79. The summed E-state index contributed by atoms with van der Waals surface area (Å²) in [5, 5.41) is 6.62. The summed E-state index contributed by atoms with van der Waals surface area (Å²) in [6, 6.07) is 12.1. The van der Waals surface area contributed by atoms with Crippen LogP contribution in [0.4, 0.5) is 5.82 Å². The molecule has 2 aromatic rings. The van der Waals surface area contributed by atoms with Gasteiger partial charge in [-0.25, -0.2) is 4.98 Å². The van der Waals surface area contributed by atoms with Gasteiger partial charge in [0.05, 0.1) is 6.54 Å². The summed E-state index contributed by atoms with van der Waals surface area (Å²) in [5.74, 6) is 2.57. The van der Waals surface area contributed by atoms with Crippen molar-refractivity contribution in [3.63, 3.8) is 0 Å². The molecule has 0 spiro atoms. The van der Waals surface area contributed by atoms with Crippen LogP contribution in [-0.2, 0) is 6.54 Å². The summed E-state index contributed by atoms with van der Waals surface area (Å²) >= 11 is 0. The second-order valence-corrected chi connectivity index (χ2v) is 6.47. The molecular weight excluding hydrogens is 326 g/mol. The third-order valence-corrected chi connectivity index (χ3v) is 3.84. The van der Waals surface area contributed by atoms with E-state index in [2.05, 4.69) is 39.7 Å². The van der Waals surface area contributed by atoms with Crippen LogP contribution in [0.25, 0.3) is 0 Å². The number of hydrogen-bond acceptors (Lipinski definition) is 4. The standard InChI is InChI=1S/C20H29N5O/c1-15-7-6-8-18(11-15)26-16(2)13-23-20(21-3)24-14-17-9-10-22-19(12-17)25(4)5/h6-12,16H,13-14H2,1-5H3,(H2,21,23,24). The van der Waals surface area contributed by atoms with Crippen LogP contribution < -0.4 is 20.3 Å². The first-order chi connectivity index (χ1) is 12.5. The number of hydrogen-bond donors (Lipinski definition) is 2. The van der Waals surface area contributed by atoms with Gasteiger partial charge in [-0.05, 0) is 49.2 Å². The Morgan fingerprint density at radius 3 is 2.73 bits per heavy atom. The number of ether oxygens (including phenoxy) is 1. The predicted octanol–water partition coefficient (Wildman–Crippen LogP) is 2.59. The van der Waals surface area contributed by atoms with E-state index >= 15 is 0 Å². The number of aliphatic imine (C=N–C) groups is 1. The second kappa shape index (κ2) is 9.65. The van der Waals surface area contributed by atoms with Crippen LogP contribution in [0.3, 0.4) is 0 Å². The lowest BCUT2D eigenvalue weighted by molar-refractivity contribution is 0.223. The van der Waals surface area contributed by atoms with Crippen molar-refractivity contribution in [1.82, 2.24) is 15.6 Å². The molecule has 6 heteroatoms. The van der Waals surface area contributed by atoms with E-state index in [4.69, 9.17) is 4.74 Å². The first kappa shape index (κ1) is 19.6. The van der Waals surface area contributed by atoms with Gasteiger partial charge < -0.3 is 20.3 Å². The molecule has 0 amide bonds. The van der Waals surface area contributed by atoms with Gasteiger partial charge in [-0.1, -0.05) is 12.1 Å². The van der Waals surface area contributed by atoms with Crippen LogP contribution in [-0.4, -0.2) is 44.7 Å². The molecule has 0 aliphatic heterocycles. The average Bonchev–Trinajstić information content (AvgIpc) is 2.62. The number of anilines is 1. The number of nitrogens with one attached hydrogen (secondary N) is 2. The third-order valence-electron chi connectivity index (χ3n) is 3.84. The maximum Gasteiger partial charge on any atom is 0.191 e. The van der Waals surface area contributed by atoms with Gasteiger partial charge in [-0.3, -0.25) is 4.99 Å². The van der Waals surface area contributed by atoms with Crippen LogP contribution in [0.5, 0.6) is 5.75 Å². The Labute approximate surface area is 156 Å². The number of benzene rings is 1. The molecule has 6 nitrogen and oxygen atoms in total. The van der Waals surface area contributed by atoms with Crippen molar-refractivity contribution in [2.75, 3.05) is 32.6 Å². The summed E-state index contributed by atoms with van der Waals surface area (Å²) in [6.07, 6.45) is 1.84. The monoisotopic (exact) mass is 355 g/mol. The minimum atomic E-state index is 0.0246. The zero-order chi connectivity index (χ0) is 18.9. The van der Waals surface area contributed by atoms with Gasteiger partial charge in [0.2, 0.25) is 0 Å².